The smallest absolute Gasteiger partial charge is 0.323 e. The molecule has 116 valence electrons. The molecule has 1 fully saturated rings. The molecule has 0 saturated carbocycles. The van der Waals surface area contributed by atoms with Crippen LogP contribution in [-0.4, -0.2) is 52.1 Å². The summed E-state index contributed by atoms with van der Waals surface area (Å²) in [5, 5.41) is 9.02. The van der Waals surface area contributed by atoms with Crippen molar-refractivity contribution in [3.8, 4) is 0 Å². The van der Waals surface area contributed by atoms with Crippen LogP contribution >= 0.6 is 0 Å². The Morgan fingerprint density at radius 1 is 1.25 bits per heavy atom. The molecule has 0 radical (unpaired) electrons. The molecule has 0 aromatic carbocycles. The van der Waals surface area contributed by atoms with Crippen molar-refractivity contribution in [3.63, 3.8) is 0 Å². The highest BCUT2D eigenvalue weighted by atomic mass is 16.4. The molecule has 2 amide bonds. The molecule has 1 heterocycles. The van der Waals surface area contributed by atoms with Gasteiger partial charge in [0.1, 0.15) is 6.54 Å². The fourth-order valence-corrected chi connectivity index (χ4v) is 2.66. The van der Waals surface area contributed by atoms with Gasteiger partial charge in [-0.1, -0.05) is 13.3 Å². The highest BCUT2D eigenvalue weighted by molar-refractivity contribution is 5.80. The first-order chi connectivity index (χ1) is 9.25. The van der Waals surface area contributed by atoms with E-state index in [0.29, 0.717) is 5.92 Å². The average Bonchev–Trinajstić information content (AvgIpc) is 2.58. The first-order valence-electron chi connectivity index (χ1n) is 7.54. The third-order valence-corrected chi connectivity index (χ3v) is 4.03. The Morgan fingerprint density at radius 3 is 2.40 bits per heavy atom. The summed E-state index contributed by atoms with van der Waals surface area (Å²) < 4.78 is 0. The highest BCUT2D eigenvalue weighted by Crippen LogP contribution is 2.23. The quantitative estimate of drug-likeness (QED) is 0.867. The van der Waals surface area contributed by atoms with Gasteiger partial charge in [0.05, 0.1) is 0 Å². The monoisotopic (exact) mass is 284 g/mol. The number of rotatable bonds is 3. The van der Waals surface area contributed by atoms with Gasteiger partial charge in [0.25, 0.3) is 0 Å². The van der Waals surface area contributed by atoms with Crippen LogP contribution in [0.2, 0.25) is 0 Å². The fraction of sp³-hybridized carbons (Fsp3) is 0.867. The van der Waals surface area contributed by atoms with Crippen LogP contribution in [0, 0.1) is 5.92 Å². The molecular weight excluding hydrogens is 256 g/mol. The van der Waals surface area contributed by atoms with E-state index in [1.165, 1.54) is 4.90 Å². The van der Waals surface area contributed by atoms with Crippen LogP contribution in [0.3, 0.4) is 0 Å². The van der Waals surface area contributed by atoms with E-state index in [0.717, 1.165) is 38.8 Å². The third kappa shape index (κ3) is 4.69. The molecule has 0 aliphatic carbocycles. The van der Waals surface area contributed by atoms with Crippen LogP contribution in [0.15, 0.2) is 0 Å². The van der Waals surface area contributed by atoms with E-state index in [2.05, 4.69) is 6.92 Å². The van der Waals surface area contributed by atoms with Crippen molar-refractivity contribution in [2.45, 2.75) is 58.9 Å². The zero-order chi connectivity index (χ0) is 15.3. The minimum Gasteiger partial charge on any atom is -0.480 e. The van der Waals surface area contributed by atoms with Crippen LogP contribution in [0.25, 0.3) is 0 Å². The maximum absolute atomic E-state index is 12.6. The topological polar surface area (TPSA) is 60.9 Å². The molecule has 1 atom stereocenters. The Hall–Kier alpha value is -1.26. The minimum atomic E-state index is -0.963. The summed E-state index contributed by atoms with van der Waals surface area (Å²) in [4.78, 5) is 26.9. The molecule has 1 N–H and O–H groups in total. The molecule has 0 aromatic rings. The first-order valence-corrected chi connectivity index (χ1v) is 7.54. The predicted molar refractivity (Wildman–Crippen MR) is 78.7 cm³/mol. The van der Waals surface area contributed by atoms with Crippen LogP contribution < -0.4 is 0 Å². The lowest BCUT2D eigenvalue weighted by atomic mass is 9.98. The van der Waals surface area contributed by atoms with Gasteiger partial charge in [-0.25, -0.2) is 4.79 Å². The van der Waals surface area contributed by atoms with Crippen molar-refractivity contribution in [3.05, 3.63) is 0 Å². The number of aliphatic carboxylic acids is 1. The summed E-state index contributed by atoms with van der Waals surface area (Å²) in [6.07, 6.45) is 4.34. The fourth-order valence-electron chi connectivity index (χ4n) is 2.66. The van der Waals surface area contributed by atoms with Crippen molar-refractivity contribution in [2.75, 3.05) is 19.6 Å². The van der Waals surface area contributed by atoms with Crippen molar-refractivity contribution >= 4 is 12.0 Å². The Kier molecular flexibility index (Phi) is 5.84. The number of carbonyl (C=O) groups is 2. The molecule has 1 unspecified atom stereocenters. The van der Waals surface area contributed by atoms with E-state index in [1.807, 2.05) is 25.7 Å². The largest absolute Gasteiger partial charge is 0.480 e. The molecule has 0 spiro atoms. The lowest BCUT2D eigenvalue weighted by molar-refractivity contribution is -0.138. The molecule has 5 nitrogen and oxygen atoms in total. The number of hydrogen-bond acceptors (Lipinski definition) is 2. The molecule has 1 aliphatic rings. The number of hydrogen-bond donors (Lipinski definition) is 1. The second-order valence-electron chi connectivity index (χ2n) is 6.63. The van der Waals surface area contributed by atoms with Gasteiger partial charge in [-0.2, -0.15) is 0 Å². The number of nitrogens with zero attached hydrogens (tertiary/aromatic N) is 2. The van der Waals surface area contributed by atoms with E-state index in [-0.39, 0.29) is 12.6 Å². The zero-order valence-electron chi connectivity index (χ0n) is 13.2. The second kappa shape index (κ2) is 6.95. The molecule has 1 saturated heterocycles. The number of urea groups is 1. The summed E-state index contributed by atoms with van der Waals surface area (Å²) in [6.45, 7) is 9.05. The molecule has 1 aliphatic heterocycles. The van der Waals surface area contributed by atoms with Crippen molar-refractivity contribution in [1.82, 2.24) is 9.80 Å². The van der Waals surface area contributed by atoms with E-state index in [9.17, 15) is 9.59 Å². The van der Waals surface area contributed by atoms with Crippen molar-refractivity contribution < 1.29 is 14.7 Å². The number of carbonyl (C=O) groups excluding carboxylic acids is 1. The maximum atomic E-state index is 12.6. The Balaban J connectivity index is 2.76. The number of carboxylic acid groups (broad SMARTS) is 1. The van der Waals surface area contributed by atoms with E-state index in [1.54, 1.807) is 0 Å². The van der Waals surface area contributed by atoms with Gasteiger partial charge < -0.3 is 14.9 Å². The van der Waals surface area contributed by atoms with Crippen LogP contribution in [0.4, 0.5) is 4.79 Å². The van der Waals surface area contributed by atoms with E-state index >= 15 is 0 Å². The van der Waals surface area contributed by atoms with Gasteiger partial charge in [-0.15, -0.1) is 0 Å². The summed E-state index contributed by atoms with van der Waals surface area (Å²) >= 11 is 0. The minimum absolute atomic E-state index is 0.142. The average molecular weight is 284 g/mol. The Morgan fingerprint density at radius 2 is 1.90 bits per heavy atom. The third-order valence-electron chi connectivity index (χ3n) is 4.03. The standard InChI is InChI=1S/C15H28N2O3/c1-5-12-7-6-9-16(10-8-12)14(20)17(11-13(18)19)15(2,3)4/h12H,5-11H2,1-4H3,(H,18,19). The highest BCUT2D eigenvalue weighted by Gasteiger charge is 2.32. The SMILES string of the molecule is CCC1CCCN(C(=O)N(CC(=O)O)C(C)(C)C)CC1. The van der Waals surface area contributed by atoms with Gasteiger partial charge in [-0.05, 0) is 46.0 Å². The Labute approximate surface area is 121 Å². The lowest BCUT2D eigenvalue weighted by Crippen LogP contribution is -2.53. The van der Waals surface area contributed by atoms with E-state index in [4.69, 9.17) is 5.11 Å². The lowest BCUT2D eigenvalue weighted by Gasteiger charge is -2.38. The molecule has 0 bridgehead atoms. The zero-order valence-corrected chi connectivity index (χ0v) is 13.2. The number of likely N-dealkylation sites (tertiary alicyclic amines) is 1. The summed E-state index contributed by atoms with van der Waals surface area (Å²) in [5.41, 5.74) is -0.480. The summed E-state index contributed by atoms with van der Waals surface area (Å²) in [6, 6.07) is -0.142. The maximum Gasteiger partial charge on any atom is 0.323 e. The first kappa shape index (κ1) is 16.8. The van der Waals surface area contributed by atoms with Crippen LogP contribution in [0.1, 0.15) is 53.4 Å². The van der Waals surface area contributed by atoms with Gasteiger partial charge in [-0.3, -0.25) is 4.79 Å². The normalized spacial score (nSPS) is 20.4. The van der Waals surface area contributed by atoms with Crippen LogP contribution in [0.5, 0.6) is 0 Å². The van der Waals surface area contributed by atoms with Crippen LogP contribution in [-0.2, 0) is 4.79 Å². The van der Waals surface area contributed by atoms with Gasteiger partial charge >= 0.3 is 12.0 Å². The Bertz CT molecular complexity index is 350. The summed E-state index contributed by atoms with van der Waals surface area (Å²) in [7, 11) is 0. The van der Waals surface area contributed by atoms with Gasteiger partial charge in [0.15, 0.2) is 0 Å². The summed E-state index contributed by atoms with van der Waals surface area (Å²) in [5.74, 6) is -0.273. The van der Waals surface area contributed by atoms with E-state index < -0.39 is 11.5 Å². The number of amides is 2. The molecule has 1 rings (SSSR count). The molecular formula is C15H28N2O3. The molecule has 5 heteroatoms. The molecule has 0 aromatic heterocycles. The molecule has 20 heavy (non-hydrogen) atoms. The van der Waals surface area contributed by atoms with Crippen molar-refractivity contribution in [2.24, 2.45) is 5.92 Å². The second-order valence-corrected chi connectivity index (χ2v) is 6.63. The van der Waals surface area contributed by atoms with Crippen molar-refractivity contribution in [1.29, 1.82) is 0 Å². The van der Waals surface area contributed by atoms with Gasteiger partial charge in [0, 0.05) is 18.6 Å². The predicted octanol–water partition coefficient (Wildman–Crippen LogP) is 2.80. The number of carboxylic acids is 1. The van der Waals surface area contributed by atoms with Gasteiger partial charge in [0.2, 0.25) is 0 Å².